The van der Waals surface area contributed by atoms with E-state index in [0.29, 0.717) is 12.0 Å². The van der Waals surface area contributed by atoms with Crippen LogP contribution in [0.15, 0.2) is 10.7 Å². The molecule has 114 valence electrons. The standard InChI is InChI=1S/C16H28BrN3/c1-5-18-9-13-7-6-12(4)8-14(13)16-15(17)10-19-20(16)11(2)3/h10-14,18H,5-9H2,1-4H3. The Morgan fingerprint density at radius 2 is 2.20 bits per heavy atom. The van der Waals surface area contributed by atoms with Crippen molar-refractivity contribution in [2.75, 3.05) is 13.1 Å². The molecule has 2 rings (SSSR count). The van der Waals surface area contributed by atoms with Crippen LogP contribution in [0.25, 0.3) is 0 Å². The van der Waals surface area contributed by atoms with Crippen molar-refractivity contribution in [1.29, 1.82) is 0 Å². The summed E-state index contributed by atoms with van der Waals surface area (Å²) < 4.78 is 3.40. The third-order valence-corrected chi connectivity index (χ3v) is 5.15. The predicted molar refractivity (Wildman–Crippen MR) is 88.1 cm³/mol. The van der Waals surface area contributed by atoms with Crippen molar-refractivity contribution in [1.82, 2.24) is 15.1 Å². The molecular weight excluding hydrogens is 314 g/mol. The predicted octanol–water partition coefficient (Wildman–Crippen LogP) is 4.36. The molecule has 3 unspecified atom stereocenters. The molecule has 3 nitrogen and oxygen atoms in total. The van der Waals surface area contributed by atoms with Crippen LogP contribution in [0.1, 0.15) is 64.6 Å². The molecule has 1 heterocycles. The molecule has 0 aromatic carbocycles. The lowest BCUT2D eigenvalue weighted by Gasteiger charge is -2.36. The Bertz CT molecular complexity index is 425. The van der Waals surface area contributed by atoms with Crippen molar-refractivity contribution in [2.45, 2.75) is 58.9 Å². The van der Waals surface area contributed by atoms with Gasteiger partial charge in [-0.2, -0.15) is 5.10 Å². The lowest BCUT2D eigenvalue weighted by atomic mass is 9.73. The summed E-state index contributed by atoms with van der Waals surface area (Å²) in [5.74, 6) is 2.18. The molecule has 1 aliphatic carbocycles. The first-order valence-corrected chi connectivity index (χ1v) is 8.77. The van der Waals surface area contributed by atoms with E-state index in [-0.39, 0.29) is 0 Å². The minimum Gasteiger partial charge on any atom is -0.317 e. The molecule has 1 fully saturated rings. The molecule has 0 radical (unpaired) electrons. The third kappa shape index (κ3) is 3.45. The molecule has 0 amide bonds. The van der Waals surface area contributed by atoms with Crippen LogP contribution >= 0.6 is 15.9 Å². The lowest BCUT2D eigenvalue weighted by molar-refractivity contribution is 0.231. The fraction of sp³-hybridized carbons (Fsp3) is 0.812. The number of nitrogens with zero attached hydrogens (tertiary/aromatic N) is 2. The fourth-order valence-corrected chi connectivity index (χ4v) is 4.03. The van der Waals surface area contributed by atoms with Crippen molar-refractivity contribution in [2.24, 2.45) is 11.8 Å². The Hall–Kier alpha value is -0.350. The van der Waals surface area contributed by atoms with E-state index in [4.69, 9.17) is 0 Å². The van der Waals surface area contributed by atoms with Gasteiger partial charge in [-0.05, 0) is 67.5 Å². The minimum absolute atomic E-state index is 0.424. The SMILES string of the molecule is CCNCC1CCC(C)CC1c1c(Br)cnn1C(C)C. The van der Waals surface area contributed by atoms with Crippen molar-refractivity contribution >= 4 is 15.9 Å². The Labute approximate surface area is 131 Å². The molecule has 1 aromatic rings. The van der Waals surface area contributed by atoms with Crippen molar-refractivity contribution in [3.8, 4) is 0 Å². The van der Waals surface area contributed by atoms with E-state index in [1.54, 1.807) is 0 Å². The van der Waals surface area contributed by atoms with Crippen LogP contribution in [0.3, 0.4) is 0 Å². The third-order valence-electron chi connectivity index (χ3n) is 4.54. The zero-order chi connectivity index (χ0) is 14.7. The molecule has 3 atom stereocenters. The van der Waals surface area contributed by atoms with E-state index in [2.05, 4.69) is 58.7 Å². The van der Waals surface area contributed by atoms with Crippen LogP contribution < -0.4 is 5.32 Å². The molecule has 1 N–H and O–H groups in total. The summed E-state index contributed by atoms with van der Waals surface area (Å²) in [6.07, 6.45) is 5.94. The van der Waals surface area contributed by atoms with Crippen LogP contribution in [0.4, 0.5) is 0 Å². The average Bonchev–Trinajstić information content (AvgIpc) is 2.79. The van der Waals surface area contributed by atoms with Gasteiger partial charge in [0.2, 0.25) is 0 Å². The van der Waals surface area contributed by atoms with Crippen LogP contribution in [0.2, 0.25) is 0 Å². The normalized spacial score (nSPS) is 27.2. The summed E-state index contributed by atoms with van der Waals surface area (Å²) in [4.78, 5) is 0. The zero-order valence-electron chi connectivity index (χ0n) is 13.2. The maximum atomic E-state index is 4.58. The molecule has 1 aliphatic rings. The van der Waals surface area contributed by atoms with E-state index in [1.165, 1.54) is 29.4 Å². The first-order chi connectivity index (χ1) is 9.54. The highest BCUT2D eigenvalue weighted by Crippen LogP contribution is 2.43. The maximum absolute atomic E-state index is 4.58. The van der Waals surface area contributed by atoms with E-state index in [0.717, 1.165) is 24.9 Å². The van der Waals surface area contributed by atoms with Gasteiger partial charge in [0, 0.05) is 12.0 Å². The van der Waals surface area contributed by atoms with E-state index in [1.807, 2.05) is 6.20 Å². The van der Waals surface area contributed by atoms with Crippen LogP contribution in [-0.2, 0) is 0 Å². The number of hydrogen-bond acceptors (Lipinski definition) is 2. The highest BCUT2D eigenvalue weighted by Gasteiger charge is 2.33. The van der Waals surface area contributed by atoms with Gasteiger partial charge in [0.25, 0.3) is 0 Å². The summed E-state index contributed by atoms with van der Waals surface area (Å²) in [6.45, 7) is 11.2. The zero-order valence-corrected chi connectivity index (χ0v) is 14.8. The Kier molecular flexibility index (Phi) is 5.67. The molecule has 1 saturated carbocycles. The molecule has 0 spiro atoms. The van der Waals surface area contributed by atoms with Crippen LogP contribution in [-0.4, -0.2) is 22.9 Å². The summed E-state index contributed by atoms with van der Waals surface area (Å²) >= 11 is 3.73. The summed E-state index contributed by atoms with van der Waals surface area (Å²) in [7, 11) is 0. The van der Waals surface area contributed by atoms with Crippen molar-refractivity contribution < 1.29 is 0 Å². The number of halogens is 1. The van der Waals surface area contributed by atoms with Gasteiger partial charge in [-0.3, -0.25) is 4.68 Å². The lowest BCUT2D eigenvalue weighted by Crippen LogP contribution is -2.33. The van der Waals surface area contributed by atoms with Gasteiger partial charge in [-0.1, -0.05) is 20.3 Å². The number of rotatable bonds is 5. The summed E-state index contributed by atoms with van der Waals surface area (Å²) in [6, 6.07) is 0.424. The molecular formula is C16H28BrN3. The highest BCUT2D eigenvalue weighted by molar-refractivity contribution is 9.10. The Morgan fingerprint density at radius 1 is 1.45 bits per heavy atom. The van der Waals surface area contributed by atoms with Gasteiger partial charge in [0.15, 0.2) is 0 Å². The first-order valence-electron chi connectivity index (χ1n) is 7.98. The highest BCUT2D eigenvalue weighted by atomic mass is 79.9. The molecule has 0 bridgehead atoms. The minimum atomic E-state index is 0.424. The number of hydrogen-bond donors (Lipinski definition) is 1. The molecule has 1 aromatic heterocycles. The Balaban J connectivity index is 2.27. The van der Waals surface area contributed by atoms with Gasteiger partial charge in [0.05, 0.1) is 16.4 Å². The Morgan fingerprint density at radius 3 is 2.85 bits per heavy atom. The monoisotopic (exact) mass is 341 g/mol. The quantitative estimate of drug-likeness (QED) is 0.862. The second-order valence-electron chi connectivity index (χ2n) is 6.51. The van der Waals surface area contributed by atoms with Gasteiger partial charge >= 0.3 is 0 Å². The number of nitrogens with one attached hydrogen (secondary N) is 1. The van der Waals surface area contributed by atoms with Gasteiger partial charge < -0.3 is 5.32 Å². The molecule has 0 aliphatic heterocycles. The van der Waals surface area contributed by atoms with Gasteiger partial charge in [-0.15, -0.1) is 0 Å². The largest absolute Gasteiger partial charge is 0.317 e. The smallest absolute Gasteiger partial charge is 0.0635 e. The van der Waals surface area contributed by atoms with E-state index in [9.17, 15) is 0 Å². The first kappa shape index (κ1) is 16.0. The molecule has 20 heavy (non-hydrogen) atoms. The molecule has 0 saturated heterocycles. The fourth-order valence-electron chi connectivity index (χ4n) is 3.46. The van der Waals surface area contributed by atoms with Crippen LogP contribution in [0.5, 0.6) is 0 Å². The van der Waals surface area contributed by atoms with Crippen molar-refractivity contribution in [3.05, 3.63) is 16.4 Å². The summed E-state index contributed by atoms with van der Waals surface area (Å²) in [5, 5.41) is 8.13. The molecule has 4 heteroatoms. The average molecular weight is 342 g/mol. The van der Waals surface area contributed by atoms with Gasteiger partial charge in [-0.25, -0.2) is 0 Å². The van der Waals surface area contributed by atoms with E-state index < -0.39 is 0 Å². The second kappa shape index (κ2) is 7.08. The number of aromatic nitrogens is 2. The van der Waals surface area contributed by atoms with E-state index >= 15 is 0 Å². The van der Waals surface area contributed by atoms with Crippen LogP contribution in [0, 0.1) is 11.8 Å². The van der Waals surface area contributed by atoms with Crippen molar-refractivity contribution in [3.63, 3.8) is 0 Å². The summed E-state index contributed by atoms with van der Waals surface area (Å²) in [5.41, 5.74) is 1.41. The maximum Gasteiger partial charge on any atom is 0.0635 e. The topological polar surface area (TPSA) is 29.9 Å². The second-order valence-corrected chi connectivity index (χ2v) is 7.36. The van der Waals surface area contributed by atoms with Gasteiger partial charge in [0.1, 0.15) is 0 Å².